The Balaban J connectivity index is 1.85. The second-order valence-electron chi connectivity index (χ2n) is 5.20. The molecule has 1 aromatic rings. The van der Waals surface area contributed by atoms with Gasteiger partial charge in [-0.3, -0.25) is 4.90 Å². The third kappa shape index (κ3) is 2.82. The molecule has 1 N–H and O–H groups in total. The highest BCUT2D eigenvalue weighted by molar-refractivity contribution is 9.11. The Morgan fingerprint density at radius 2 is 1.95 bits per heavy atom. The highest BCUT2D eigenvalue weighted by atomic mass is 79.9. The summed E-state index contributed by atoms with van der Waals surface area (Å²) in [5, 5.41) is 3.25. The lowest BCUT2D eigenvalue weighted by atomic mass is 10.1. The quantitative estimate of drug-likeness (QED) is 0.806. The minimum absolute atomic E-state index is 0.798. The Hall–Kier alpha value is -1.33. The normalized spacial score (nSPS) is 21.3. The van der Waals surface area contributed by atoms with E-state index in [9.17, 15) is 0 Å². The monoisotopic (exact) mass is 320 g/mol. The number of aliphatic imine (C=N–C) groups is 1. The first kappa shape index (κ1) is 12.7. The van der Waals surface area contributed by atoms with Crippen LogP contribution in [0.2, 0.25) is 0 Å². The molecule has 0 unspecified atom stereocenters. The van der Waals surface area contributed by atoms with Gasteiger partial charge in [-0.25, -0.2) is 4.99 Å². The maximum absolute atomic E-state index is 4.70. The number of rotatable bonds is 1. The molecule has 3 rings (SSSR count). The topological polar surface area (TPSA) is 30.9 Å². The molecule has 0 fully saturated rings. The molecular formula is C14H17BrN4. The summed E-state index contributed by atoms with van der Waals surface area (Å²) in [6.45, 7) is 2.86. The van der Waals surface area contributed by atoms with Crippen LogP contribution in [0.1, 0.15) is 11.1 Å². The molecule has 0 spiro atoms. The second kappa shape index (κ2) is 4.98. The number of hydrogen-bond donors (Lipinski definition) is 1. The summed E-state index contributed by atoms with van der Waals surface area (Å²) >= 11 is 3.46. The maximum Gasteiger partial charge on any atom is 0.127 e. The molecule has 5 heteroatoms. The lowest BCUT2D eigenvalue weighted by Gasteiger charge is -2.23. The standard InChI is InChI=1S/C14H17BrN4/c1-18-6-10-3-4-12(5-11(10)7-18)16-14-9-19(2)8-13(15)17-14/h3-5,8H,6-7,9H2,1-2H3,(H,16,17). The number of benzene rings is 1. The zero-order valence-electron chi connectivity index (χ0n) is 11.2. The molecule has 1 aromatic carbocycles. The van der Waals surface area contributed by atoms with Crippen LogP contribution in [-0.2, 0) is 13.1 Å². The van der Waals surface area contributed by atoms with Crippen molar-refractivity contribution in [3.8, 4) is 0 Å². The lowest BCUT2D eigenvalue weighted by Crippen LogP contribution is -2.36. The molecule has 2 aliphatic heterocycles. The van der Waals surface area contributed by atoms with Crippen LogP contribution >= 0.6 is 15.9 Å². The fraction of sp³-hybridized carbons (Fsp3) is 0.357. The fourth-order valence-electron chi connectivity index (χ4n) is 2.52. The summed E-state index contributed by atoms with van der Waals surface area (Å²) in [5.41, 5.74) is 3.83. The first-order valence-electron chi connectivity index (χ1n) is 6.32. The Morgan fingerprint density at radius 3 is 2.74 bits per heavy atom. The molecule has 0 amide bonds. The van der Waals surface area contributed by atoms with E-state index in [4.69, 9.17) is 4.99 Å². The minimum Gasteiger partial charge on any atom is -0.371 e. The van der Waals surface area contributed by atoms with E-state index in [1.807, 2.05) is 13.2 Å². The summed E-state index contributed by atoms with van der Waals surface area (Å²) in [4.78, 5) is 9.11. The van der Waals surface area contributed by atoms with Gasteiger partial charge in [0.05, 0.1) is 16.8 Å². The fourth-order valence-corrected chi connectivity index (χ4v) is 3.10. The Morgan fingerprint density at radius 1 is 1.16 bits per heavy atom. The third-order valence-corrected chi connectivity index (χ3v) is 3.73. The van der Waals surface area contributed by atoms with Gasteiger partial charge in [-0.2, -0.15) is 0 Å². The van der Waals surface area contributed by atoms with Crippen molar-refractivity contribution in [2.45, 2.75) is 13.1 Å². The summed E-state index contributed by atoms with van der Waals surface area (Å²) in [7, 11) is 4.18. The van der Waals surface area contributed by atoms with Crippen LogP contribution in [0.25, 0.3) is 0 Å². The zero-order chi connectivity index (χ0) is 13.4. The van der Waals surface area contributed by atoms with Gasteiger partial charge >= 0.3 is 0 Å². The highest BCUT2D eigenvalue weighted by Crippen LogP contribution is 2.26. The summed E-state index contributed by atoms with van der Waals surface area (Å²) < 4.78 is 0.945. The smallest absolute Gasteiger partial charge is 0.127 e. The van der Waals surface area contributed by atoms with Crippen LogP contribution in [-0.4, -0.2) is 36.3 Å². The maximum atomic E-state index is 4.70. The molecule has 2 heterocycles. The Labute approximate surface area is 121 Å². The second-order valence-corrected chi connectivity index (χ2v) is 6.06. The first-order valence-corrected chi connectivity index (χ1v) is 7.12. The van der Waals surface area contributed by atoms with Crippen LogP contribution in [0.4, 0.5) is 5.69 Å². The van der Waals surface area contributed by atoms with E-state index < -0.39 is 0 Å². The SMILES string of the molecule is CN1C=C(Br)NC(=Nc2ccc3c(c2)CN(C)C3)C1. The molecule has 0 radical (unpaired) electrons. The number of nitrogens with zero attached hydrogens (tertiary/aromatic N) is 3. The van der Waals surface area contributed by atoms with Crippen molar-refractivity contribution >= 4 is 27.5 Å². The Kier molecular flexibility index (Phi) is 3.33. The number of amidine groups is 1. The minimum atomic E-state index is 0.798. The number of nitrogens with one attached hydrogen (secondary N) is 1. The molecule has 100 valence electrons. The van der Waals surface area contributed by atoms with Gasteiger partial charge in [0, 0.05) is 26.3 Å². The van der Waals surface area contributed by atoms with Crippen molar-refractivity contribution in [2.24, 2.45) is 4.99 Å². The third-order valence-electron chi connectivity index (χ3n) is 3.33. The van der Waals surface area contributed by atoms with Gasteiger partial charge in [0.2, 0.25) is 0 Å². The predicted octanol–water partition coefficient (Wildman–Crippen LogP) is 2.39. The van der Waals surface area contributed by atoms with E-state index >= 15 is 0 Å². The van der Waals surface area contributed by atoms with Crippen molar-refractivity contribution in [2.75, 3.05) is 20.6 Å². The molecular weight excluding hydrogens is 304 g/mol. The van der Waals surface area contributed by atoms with E-state index in [1.54, 1.807) is 0 Å². The molecule has 0 atom stereocenters. The predicted molar refractivity (Wildman–Crippen MR) is 81.5 cm³/mol. The van der Waals surface area contributed by atoms with Gasteiger partial charge < -0.3 is 10.2 Å². The number of fused-ring (bicyclic) bond motifs is 1. The molecule has 0 bridgehead atoms. The van der Waals surface area contributed by atoms with E-state index in [-0.39, 0.29) is 0 Å². The number of hydrogen-bond acceptors (Lipinski definition) is 3. The van der Waals surface area contributed by atoms with Crippen molar-refractivity contribution in [3.63, 3.8) is 0 Å². The van der Waals surface area contributed by atoms with E-state index in [2.05, 4.69) is 56.3 Å². The van der Waals surface area contributed by atoms with E-state index in [0.717, 1.165) is 35.8 Å². The highest BCUT2D eigenvalue weighted by Gasteiger charge is 2.16. The van der Waals surface area contributed by atoms with Crippen LogP contribution < -0.4 is 5.32 Å². The molecule has 0 aromatic heterocycles. The number of halogens is 1. The van der Waals surface area contributed by atoms with Crippen LogP contribution in [0, 0.1) is 0 Å². The summed E-state index contributed by atoms with van der Waals surface area (Å²) in [5.74, 6) is 0.961. The van der Waals surface area contributed by atoms with Crippen LogP contribution in [0.3, 0.4) is 0 Å². The van der Waals surface area contributed by atoms with Gasteiger partial charge in [0.25, 0.3) is 0 Å². The summed E-state index contributed by atoms with van der Waals surface area (Å²) in [6.07, 6.45) is 2.01. The molecule has 0 saturated carbocycles. The average Bonchev–Trinajstić information content (AvgIpc) is 2.67. The van der Waals surface area contributed by atoms with Gasteiger partial charge in [-0.15, -0.1) is 0 Å². The summed E-state index contributed by atoms with van der Waals surface area (Å²) in [6, 6.07) is 6.48. The van der Waals surface area contributed by atoms with Crippen molar-refractivity contribution in [3.05, 3.63) is 40.1 Å². The van der Waals surface area contributed by atoms with Gasteiger partial charge in [-0.1, -0.05) is 6.07 Å². The Bertz CT molecular complexity index is 565. The largest absolute Gasteiger partial charge is 0.371 e. The first-order chi connectivity index (χ1) is 9.10. The van der Waals surface area contributed by atoms with Gasteiger partial charge in [0.1, 0.15) is 5.84 Å². The molecule has 4 nitrogen and oxygen atoms in total. The molecule has 0 aliphatic carbocycles. The van der Waals surface area contributed by atoms with Crippen LogP contribution in [0.5, 0.6) is 0 Å². The van der Waals surface area contributed by atoms with E-state index in [0.29, 0.717) is 0 Å². The van der Waals surface area contributed by atoms with Crippen molar-refractivity contribution in [1.82, 2.24) is 15.1 Å². The van der Waals surface area contributed by atoms with Crippen molar-refractivity contribution in [1.29, 1.82) is 0 Å². The lowest BCUT2D eigenvalue weighted by molar-refractivity contribution is 0.353. The molecule has 2 aliphatic rings. The average molecular weight is 321 g/mol. The number of likely N-dealkylation sites (N-methyl/N-ethyl adjacent to an activating group) is 1. The van der Waals surface area contributed by atoms with Crippen LogP contribution in [0.15, 0.2) is 34.0 Å². The molecule has 0 saturated heterocycles. The zero-order valence-corrected chi connectivity index (χ0v) is 12.7. The van der Waals surface area contributed by atoms with Gasteiger partial charge in [-0.05, 0) is 46.2 Å². The van der Waals surface area contributed by atoms with Crippen molar-refractivity contribution < 1.29 is 0 Å². The van der Waals surface area contributed by atoms with Gasteiger partial charge in [0.15, 0.2) is 0 Å². The molecule has 19 heavy (non-hydrogen) atoms. The van der Waals surface area contributed by atoms with E-state index in [1.165, 1.54) is 11.1 Å².